The number of hydrogen-bond donors (Lipinski definition) is 2. The van der Waals surface area contributed by atoms with Gasteiger partial charge in [-0.3, -0.25) is 9.69 Å². The van der Waals surface area contributed by atoms with E-state index in [9.17, 15) is 4.79 Å². The van der Waals surface area contributed by atoms with Gasteiger partial charge >= 0.3 is 0 Å². The van der Waals surface area contributed by atoms with E-state index in [0.29, 0.717) is 18.7 Å². The van der Waals surface area contributed by atoms with Crippen molar-refractivity contribution in [2.75, 3.05) is 33.4 Å². The summed E-state index contributed by atoms with van der Waals surface area (Å²) in [7, 11) is 1.72. The molecule has 0 bridgehead atoms. The summed E-state index contributed by atoms with van der Waals surface area (Å²) in [5.74, 6) is 0.177. The van der Waals surface area contributed by atoms with Crippen LogP contribution in [0.5, 0.6) is 0 Å². The lowest BCUT2D eigenvalue weighted by Crippen LogP contribution is -2.51. The van der Waals surface area contributed by atoms with Crippen LogP contribution in [0.1, 0.15) is 45.4 Å². The predicted molar refractivity (Wildman–Crippen MR) is 84.3 cm³/mol. The Morgan fingerprint density at radius 3 is 2.71 bits per heavy atom. The van der Waals surface area contributed by atoms with Crippen molar-refractivity contribution in [3.8, 4) is 0 Å². The minimum atomic E-state index is -0.0804. The van der Waals surface area contributed by atoms with Gasteiger partial charge in [0.15, 0.2) is 0 Å². The van der Waals surface area contributed by atoms with Gasteiger partial charge in [0.2, 0.25) is 5.91 Å². The summed E-state index contributed by atoms with van der Waals surface area (Å²) in [4.78, 5) is 14.7. The van der Waals surface area contributed by atoms with E-state index in [1.165, 1.54) is 25.7 Å². The Labute approximate surface area is 128 Å². The number of ether oxygens (including phenoxy) is 1. The van der Waals surface area contributed by atoms with E-state index in [-0.39, 0.29) is 11.9 Å². The van der Waals surface area contributed by atoms with Gasteiger partial charge in [-0.05, 0) is 39.2 Å². The van der Waals surface area contributed by atoms with Crippen LogP contribution in [-0.2, 0) is 9.53 Å². The largest absolute Gasteiger partial charge is 0.383 e. The van der Waals surface area contributed by atoms with Gasteiger partial charge in [-0.25, -0.2) is 0 Å². The van der Waals surface area contributed by atoms with Crippen molar-refractivity contribution in [1.29, 1.82) is 0 Å². The molecule has 2 unspecified atom stereocenters. The average molecular weight is 297 g/mol. The van der Waals surface area contributed by atoms with Gasteiger partial charge in [0.1, 0.15) is 0 Å². The van der Waals surface area contributed by atoms with Crippen molar-refractivity contribution in [3.05, 3.63) is 0 Å². The highest BCUT2D eigenvalue weighted by molar-refractivity contribution is 5.81. The molecule has 2 atom stereocenters. The number of nitrogens with one attached hydrogen (secondary N) is 2. The van der Waals surface area contributed by atoms with E-state index >= 15 is 0 Å². The Bertz CT molecular complexity index is 313. The topological polar surface area (TPSA) is 53.6 Å². The third-order valence-electron chi connectivity index (χ3n) is 4.83. The van der Waals surface area contributed by atoms with Gasteiger partial charge in [-0.15, -0.1) is 0 Å². The van der Waals surface area contributed by atoms with Crippen molar-refractivity contribution < 1.29 is 9.53 Å². The summed E-state index contributed by atoms with van der Waals surface area (Å²) >= 11 is 0. The van der Waals surface area contributed by atoms with Gasteiger partial charge in [0.25, 0.3) is 0 Å². The fourth-order valence-electron chi connectivity index (χ4n) is 3.40. The van der Waals surface area contributed by atoms with E-state index < -0.39 is 0 Å². The Balaban J connectivity index is 1.84. The third-order valence-corrected chi connectivity index (χ3v) is 4.83. The van der Waals surface area contributed by atoms with E-state index in [2.05, 4.69) is 15.5 Å². The minimum absolute atomic E-state index is 0.0804. The number of carbonyl (C=O) groups is 1. The van der Waals surface area contributed by atoms with Crippen LogP contribution in [-0.4, -0.2) is 62.3 Å². The molecule has 0 aromatic carbocycles. The summed E-state index contributed by atoms with van der Waals surface area (Å²) < 4.78 is 5.21. The SMILES string of the molecule is COCCN(CC1CCCN1)C(C)C(=O)NC1CCCC1. The van der Waals surface area contributed by atoms with Crippen LogP contribution in [0.4, 0.5) is 0 Å². The lowest BCUT2D eigenvalue weighted by atomic mass is 10.1. The first-order valence-electron chi connectivity index (χ1n) is 8.47. The molecular weight excluding hydrogens is 266 g/mol. The number of amides is 1. The molecule has 1 heterocycles. The first-order valence-corrected chi connectivity index (χ1v) is 8.47. The molecule has 2 fully saturated rings. The van der Waals surface area contributed by atoms with Crippen LogP contribution in [0.25, 0.3) is 0 Å². The van der Waals surface area contributed by atoms with Crippen LogP contribution in [0.15, 0.2) is 0 Å². The molecule has 0 spiro atoms. The lowest BCUT2D eigenvalue weighted by molar-refractivity contribution is -0.126. The fourth-order valence-corrected chi connectivity index (χ4v) is 3.40. The molecule has 2 aliphatic rings. The van der Waals surface area contributed by atoms with Crippen LogP contribution in [0, 0.1) is 0 Å². The molecule has 2 N–H and O–H groups in total. The molecule has 21 heavy (non-hydrogen) atoms. The average Bonchev–Trinajstić information content (AvgIpc) is 3.16. The molecule has 1 aliphatic heterocycles. The first-order chi connectivity index (χ1) is 10.2. The molecule has 1 saturated heterocycles. The van der Waals surface area contributed by atoms with E-state index in [1.807, 2.05) is 6.92 Å². The smallest absolute Gasteiger partial charge is 0.237 e. The number of hydrogen-bond acceptors (Lipinski definition) is 4. The number of rotatable bonds is 8. The Kier molecular flexibility index (Phi) is 6.93. The molecule has 5 nitrogen and oxygen atoms in total. The molecular formula is C16H31N3O2. The molecule has 1 amide bonds. The first kappa shape index (κ1) is 16.7. The fraction of sp³-hybridized carbons (Fsp3) is 0.938. The van der Waals surface area contributed by atoms with Gasteiger partial charge < -0.3 is 15.4 Å². The lowest BCUT2D eigenvalue weighted by Gasteiger charge is -2.31. The third kappa shape index (κ3) is 5.24. The number of methoxy groups -OCH3 is 1. The maximum Gasteiger partial charge on any atom is 0.237 e. The monoisotopic (exact) mass is 297 g/mol. The molecule has 2 rings (SSSR count). The van der Waals surface area contributed by atoms with Crippen molar-refractivity contribution in [2.24, 2.45) is 0 Å². The van der Waals surface area contributed by atoms with E-state index in [0.717, 1.165) is 32.5 Å². The molecule has 1 saturated carbocycles. The highest BCUT2D eigenvalue weighted by Gasteiger charge is 2.27. The standard InChI is InChI=1S/C16H31N3O2/c1-13(16(20)18-14-6-3-4-7-14)19(10-11-21-2)12-15-8-5-9-17-15/h13-15,17H,3-12H2,1-2H3,(H,18,20). The zero-order chi connectivity index (χ0) is 15.1. The second kappa shape index (κ2) is 8.71. The van der Waals surface area contributed by atoms with Gasteiger partial charge in [-0.1, -0.05) is 12.8 Å². The minimum Gasteiger partial charge on any atom is -0.383 e. The quantitative estimate of drug-likeness (QED) is 0.705. The van der Waals surface area contributed by atoms with E-state index in [4.69, 9.17) is 4.74 Å². The van der Waals surface area contributed by atoms with E-state index in [1.54, 1.807) is 7.11 Å². The maximum absolute atomic E-state index is 12.5. The number of carbonyl (C=O) groups excluding carboxylic acids is 1. The molecule has 0 aromatic rings. The predicted octanol–water partition coefficient (Wildman–Crippen LogP) is 1.13. The molecule has 122 valence electrons. The Morgan fingerprint density at radius 2 is 2.10 bits per heavy atom. The zero-order valence-electron chi connectivity index (χ0n) is 13.6. The summed E-state index contributed by atoms with van der Waals surface area (Å²) in [5.41, 5.74) is 0. The second-order valence-corrected chi connectivity index (χ2v) is 6.45. The summed E-state index contributed by atoms with van der Waals surface area (Å²) in [5, 5.41) is 6.73. The summed E-state index contributed by atoms with van der Waals surface area (Å²) in [6.07, 6.45) is 7.23. The molecule has 0 radical (unpaired) electrons. The van der Waals surface area contributed by atoms with Gasteiger partial charge in [0, 0.05) is 32.3 Å². The van der Waals surface area contributed by atoms with Crippen LogP contribution < -0.4 is 10.6 Å². The Morgan fingerprint density at radius 1 is 1.33 bits per heavy atom. The van der Waals surface area contributed by atoms with Crippen LogP contribution >= 0.6 is 0 Å². The maximum atomic E-state index is 12.5. The number of nitrogens with zero attached hydrogens (tertiary/aromatic N) is 1. The highest BCUT2D eigenvalue weighted by Crippen LogP contribution is 2.18. The Hall–Kier alpha value is -0.650. The highest BCUT2D eigenvalue weighted by atomic mass is 16.5. The van der Waals surface area contributed by atoms with Gasteiger partial charge in [0.05, 0.1) is 12.6 Å². The van der Waals surface area contributed by atoms with Crippen LogP contribution in [0.2, 0.25) is 0 Å². The molecule has 0 aromatic heterocycles. The second-order valence-electron chi connectivity index (χ2n) is 6.45. The molecule has 5 heteroatoms. The van der Waals surface area contributed by atoms with Crippen molar-refractivity contribution in [1.82, 2.24) is 15.5 Å². The normalized spacial score (nSPS) is 24.6. The van der Waals surface area contributed by atoms with Crippen LogP contribution in [0.3, 0.4) is 0 Å². The van der Waals surface area contributed by atoms with Crippen molar-refractivity contribution >= 4 is 5.91 Å². The molecule has 1 aliphatic carbocycles. The van der Waals surface area contributed by atoms with Crippen molar-refractivity contribution in [3.63, 3.8) is 0 Å². The van der Waals surface area contributed by atoms with Gasteiger partial charge in [-0.2, -0.15) is 0 Å². The van der Waals surface area contributed by atoms with Crippen molar-refractivity contribution in [2.45, 2.75) is 63.6 Å². The zero-order valence-corrected chi connectivity index (χ0v) is 13.6. The summed E-state index contributed by atoms with van der Waals surface area (Å²) in [6.45, 7) is 5.55. The summed E-state index contributed by atoms with van der Waals surface area (Å²) in [6, 6.07) is 0.834.